The molecule has 236 valence electrons. The molecule has 5 rings (SSSR count). The number of esters is 4. The van der Waals surface area contributed by atoms with Gasteiger partial charge in [-0.15, -0.1) is 0 Å². The Bertz CT molecular complexity index is 1430. The molecule has 44 heavy (non-hydrogen) atoms. The molecule has 12 heteroatoms. The summed E-state index contributed by atoms with van der Waals surface area (Å²) in [5.74, 6) is -4.13. The monoisotopic (exact) mass is 611 g/mol. The van der Waals surface area contributed by atoms with Crippen molar-refractivity contribution in [3.05, 3.63) is 66.0 Å². The zero-order chi connectivity index (χ0) is 32.1. The third-order valence-electron chi connectivity index (χ3n) is 9.31. The van der Waals surface area contributed by atoms with Crippen LogP contribution in [0.3, 0.4) is 0 Å². The maximum atomic E-state index is 13.7. The normalized spacial score (nSPS) is 35.1. The largest absolute Gasteiger partial charge is 0.465 e. The van der Waals surface area contributed by atoms with E-state index in [9.17, 15) is 29.4 Å². The average Bonchev–Trinajstić information content (AvgIpc) is 3.15. The summed E-state index contributed by atoms with van der Waals surface area (Å²) in [6.45, 7) is 6.48. The maximum Gasteiger partial charge on any atom is 0.340 e. The summed E-state index contributed by atoms with van der Waals surface area (Å²) < 4.78 is 30.4. The van der Waals surface area contributed by atoms with Crippen LogP contribution in [0.15, 0.2) is 54.9 Å². The van der Waals surface area contributed by atoms with Crippen LogP contribution in [0.4, 0.5) is 0 Å². The smallest absolute Gasteiger partial charge is 0.340 e. The molecule has 2 aromatic rings. The van der Waals surface area contributed by atoms with E-state index in [4.69, 9.17) is 23.7 Å². The van der Waals surface area contributed by atoms with Gasteiger partial charge in [-0.25, -0.2) is 9.59 Å². The molecule has 1 aromatic heterocycles. The Morgan fingerprint density at radius 2 is 1.59 bits per heavy atom. The van der Waals surface area contributed by atoms with Gasteiger partial charge in [0.25, 0.3) is 0 Å². The zero-order valence-corrected chi connectivity index (χ0v) is 25.2. The van der Waals surface area contributed by atoms with Gasteiger partial charge in [0.1, 0.15) is 29.8 Å². The number of carbonyl (C=O) groups is 4. The van der Waals surface area contributed by atoms with Crippen molar-refractivity contribution in [2.75, 3.05) is 6.61 Å². The van der Waals surface area contributed by atoms with Crippen LogP contribution in [-0.2, 0) is 33.3 Å². The van der Waals surface area contributed by atoms with E-state index in [0.29, 0.717) is 0 Å². The molecule has 2 heterocycles. The van der Waals surface area contributed by atoms with E-state index in [1.807, 2.05) is 0 Å². The van der Waals surface area contributed by atoms with Crippen LogP contribution >= 0.6 is 0 Å². The number of pyridine rings is 1. The average molecular weight is 612 g/mol. The number of rotatable bonds is 7. The van der Waals surface area contributed by atoms with Crippen LogP contribution < -0.4 is 0 Å². The van der Waals surface area contributed by atoms with Crippen molar-refractivity contribution >= 4 is 23.9 Å². The van der Waals surface area contributed by atoms with Crippen LogP contribution in [0, 0.1) is 11.3 Å². The molecule has 0 amide bonds. The summed E-state index contributed by atoms with van der Waals surface area (Å²) in [5, 5.41) is 24.4. The number of carbonyl (C=O) groups excluding carboxylic acids is 4. The maximum absolute atomic E-state index is 13.7. The van der Waals surface area contributed by atoms with Gasteiger partial charge in [0.05, 0.1) is 34.4 Å². The molecule has 1 aliphatic heterocycles. The highest BCUT2D eigenvalue weighted by atomic mass is 16.6. The highest BCUT2D eigenvalue weighted by Crippen LogP contribution is 2.68. The lowest BCUT2D eigenvalue weighted by Gasteiger charge is -2.65. The molecule has 3 fully saturated rings. The van der Waals surface area contributed by atoms with Gasteiger partial charge in [0.15, 0.2) is 6.10 Å². The first-order valence-corrected chi connectivity index (χ1v) is 14.5. The van der Waals surface area contributed by atoms with Gasteiger partial charge in [-0.3, -0.25) is 14.6 Å². The number of ether oxygens (including phenoxy) is 5. The minimum Gasteiger partial charge on any atom is -0.465 e. The van der Waals surface area contributed by atoms with Crippen molar-refractivity contribution in [1.82, 2.24) is 4.98 Å². The number of benzene rings is 1. The first-order chi connectivity index (χ1) is 20.7. The number of aromatic nitrogens is 1. The second kappa shape index (κ2) is 11.2. The van der Waals surface area contributed by atoms with Gasteiger partial charge in [-0.2, -0.15) is 0 Å². The molecule has 2 saturated carbocycles. The van der Waals surface area contributed by atoms with Gasteiger partial charge in [-0.05, 0) is 57.9 Å². The lowest BCUT2D eigenvalue weighted by molar-refractivity contribution is -0.346. The number of hydrogen-bond acceptors (Lipinski definition) is 12. The molecule has 2 bridgehead atoms. The van der Waals surface area contributed by atoms with Crippen molar-refractivity contribution in [2.24, 2.45) is 11.3 Å². The Hall–Kier alpha value is -3.87. The van der Waals surface area contributed by atoms with Crippen LogP contribution in [0.5, 0.6) is 0 Å². The zero-order valence-electron chi connectivity index (χ0n) is 25.2. The Kier molecular flexibility index (Phi) is 8.06. The van der Waals surface area contributed by atoms with Crippen molar-refractivity contribution in [1.29, 1.82) is 0 Å². The molecule has 12 nitrogen and oxygen atoms in total. The number of hydrogen-bond donors (Lipinski definition) is 2. The number of aliphatic hydroxyl groups is 2. The lowest BCUT2D eigenvalue weighted by atomic mass is 9.46. The van der Waals surface area contributed by atoms with E-state index < -0.39 is 83.0 Å². The van der Waals surface area contributed by atoms with Crippen molar-refractivity contribution in [3.8, 4) is 0 Å². The molecule has 0 radical (unpaired) electrons. The number of nitrogens with zero attached hydrogens (tertiary/aromatic N) is 1. The van der Waals surface area contributed by atoms with E-state index in [0.717, 1.165) is 6.92 Å². The Labute approximate surface area is 254 Å². The first kappa shape index (κ1) is 31.6. The fraction of sp³-hybridized carbons (Fsp3) is 0.531. The summed E-state index contributed by atoms with van der Waals surface area (Å²) in [4.78, 5) is 56.2. The summed E-state index contributed by atoms with van der Waals surface area (Å²) in [5.41, 5.74) is -6.87. The van der Waals surface area contributed by atoms with E-state index in [1.54, 1.807) is 44.2 Å². The molecule has 8 unspecified atom stereocenters. The van der Waals surface area contributed by atoms with E-state index >= 15 is 0 Å². The quantitative estimate of drug-likeness (QED) is 0.347. The first-order valence-electron chi connectivity index (χ1n) is 14.5. The molecule has 1 aromatic carbocycles. The van der Waals surface area contributed by atoms with Gasteiger partial charge >= 0.3 is 23.9 Å². The molecule has 1 saturated heterocycles. The molecule has 2 N–H and O–H groups in total. The summed E-state index contributed by atoms with van der Waals surface area (Å²) in [7, 11) is 0. The molecule has 3 aliphatic rings. The topological polar surface area (TPSA) is 168 Å². The molecule has 2 aliphatic carbocycles. The highest BCUT2D eigenvalue weighted by Gasteiger charge is 2.86. The Morgan fingerprint density at radius 1 is 0.932 bits per heavy atom. The van der Waals surface area contributed by atoms with Crippen molar-refractivity contribution in [3.63, 3.8) is 0 Å². The van der Waals surface area contributed by atoms with Crippen LogP contribution in [0.25, 0.3) is 0 Å². The van der Waals surface area contributed by atoms with Crippen LogP contribution in [0.2, 0.25) is 0 Å². The molecular formula is C32H37NO11. The van der Waals surface area contributed by atoms with Gasteiger partial charge in [-0.1, -0.05) is 18.2 Å². The number of fused-ring (bicyclic) bond motifs is 1. The standard InChI is InChI=1S/C32H37NO11/c1-18(34)40-17-31-22(42-27(37)20-10-7-6-8-11-20)13-14-30(5,39)32(31)25(36)23(29(3,4)44-32)24(41-19(2)35)26(31)43-28(38)21-12-9-15-33-16-21/h6-12,15-16,22-26,36,39H,13-14,17H2,1-5H3. The Balaban J connectivity index is 1.77. The van der Waals surface area contributed by atoms with Crippen molar-refractivity contribution in [2.45, 2.75) is 88.7 Å². The molecule has 1 spiro atoms. The molecule has 8 atom stereocenters. The number of aliphatic hydroxyl groups excluding tert-OH is 1. The Morgan fingerprint density at radius 3 is 2.20 bits per heavy atom. The second-order valence-electron chi connectivity index (χ2n) is 12.4. The van der Waals surface area contributed by atoms with Crippen molar-refractivity contribution < 1.29 is 53.1 Å². The third kappa shape index (κ3) is 4.85. The SMILES string of the molecule is CC(=O)OCC12C(OC(=O)c3ccccc3)CCC(C)(O)C13OC(C)(C)C(C(OC(C)=O)C2OC(=O)c1cccnc1)C3O. The van der Waals surface area contributed by atoms with Gasteiger partial charge in [0.2, 0.25) is 0 Å². The predicted molar refractivity (Wildman–Crippen MR) is 151 cm³/mol. The van der Waals surface area contributed by atoms with E-state index in [-0.39, 0.29) is 24.0 Å². The lowest BCUT2D eigenvalue weighted by Crippen LogP contribution is -2.83. The minimum atomic E-state index is -2.04. The summed E-state index contributed by atoms with van der Waals surface area (Å²) >= 11 is 0. The summed E-state index contributed by atoms with van der Waals surface area (Å²) in [6.07, 6.45) is -3.02. The van der Waals surface area contributed by atoms with Gasteiger partial charge in [0, 0.05) is 26.2 Å². The third-order valence-corrected chi connectivity index (χ3v) is 9.31. The second-order valence-corrected chi connectivity index (χ2v) is 12.4. The van der Waals surface area contributed by atoms with Crippen LogP contribution in [0.1, 0.15) is 68.2 Å². The minimum absolute atomic E-state index is 0.0104. The summed E-state index contributed by atoms with van der Waals surface area (Å²) in [6, 6.07) is 11.2. The fourth-order valence-corrected chi connectivity index (χ4v) is 7.63. The van der Waals surface area contributed by atoms with E-state index in [1.165, 1.54) is 38.4 Å². The highest BCUT2D eigenvalue weighted by molar-refractivity contribution is 5.90. The van der Waals surface area contributed by atoms with Crippen LogP contribution in [-0.4, -0.2) is 86.9 Å². The fourth-order valence-electron chi connectivity index (χ4n) is 7.63. The molecular weight excluding hydrogens is 574 g/mol. The van der Waals surface area contributed by atoms with Gasteiger partial charge < -0.3 is 33.9 Å². The predicted octanol–water partition coefficient (Wildman–Crippen LogP) is 2.40. The van der Waals surface area contributed by atoms with E-state index in [2.05, 4.69) is 4.98 Å².